The fourth-order valence-corrected chi connectivity index (χ4v) is 3.17. The highest BCUT2D eigenvalue weighted by atomic mass is 16.5. The van der Waals surface area contributed by atoms with Crippen LogP contribution in [0.4, 0.5) is 0 Å². The van der Waals surface area contributed by atoms with Crippen molar-refractivity contribution in [1.82, 2.24) is 14.7 Å². The Morgan fingerprint density at radius 3 is 1.92 bits per heavy atom. The minimum Gasteiger partial charge on any atom is -0.384 e. The molecule has 0 atom stereocenters. The van der Waals surface area contributed by atoms with E-state index >= 15 is 0 Å². The Bertz CT molecular complexity index is 705. The van der Waals surface area contributed by atoms with Gasteiger partial charge >= 0.3 is 0 Å². The Morgan fingerprint density at radius 1 is 0.923 bits per heavy atom. The molecule has 0 saturated carbocycles. The van der Waals surface area contributed by atoms with Crippen LogP contribution in [-0.2, 0) is 14.3 Å². The topological polar surface area (TPSA) is 87.2 Å². The SMILES string of the molecule is COCCC(=O)N1CCN(C(=O)CN2C(=O)c3ccccc3C2=O)CC1. The summed E-state index contributed by atoms with van der Waals surface area (Å²) in [4.78, 5) is 53.4. The Hall–Kier alpha value is -2.74. The molecular weight excluding hydrogens is 338 g/mol. The molecule has 2 aliphatic rings. The molecule has 1 fully saturated rings. The van der Waals surface area contributed by atoms with Crippen molar-refractivity contribution in [2.24, 2.45) is 0 Å². The van der Waals surface area contributed by atoms with Gasteiger partial charge in [-0.2, -0.15) is 0 Å². The Labute approximate surface area is 151 Å². The fourth-order valence-electron chi connectivity index (χ4n) is 3.17. The first-order valence-corrected chi connectivity index (χ1v) is 8.52. The number of hydrogen-bond donors (Lipinski definition) is 0. The highest BCUT2D eigenvalue weighted by Gasteiger charge is 2.37. The first-order chi connectivity index (χ1) is 12.5. The molecule has 0 unspecified atom stereocenters. The van der Waals surface area contributed by atoms with Gasteiger partial charge in [-0.15, -0.1) is 0 Å². The molecule has 0 N–H and O–H groups in total. The maximum absolute atomic E-state index is 12.5. The van der Waals surface area contributed by atoms with Gasteiger partial charge in [0.2, 0.25) is 11.8 Å². The normalized spacial score (nSPS) is 16.9. The van der Waals surface area contributed by atoms with E-state index in [1.165, 1.54) is 0 Å². The third-order valence-corrected chi connectivity index (χ3v) is 4.68. The number of hydrogen-bond acceptors (Lipinski definition) is 5. The molecule has 8 nitrogen and oxygen atoms in total. The van der Waals surface area contributed by atoms with E-state index in [0.29, 0.717) is 50.3 Å². The van der Waals surface area contributed by atoms with Crippen LogP contribution in [0.3, 0.4) is 0 Å². The van der Waals surface area contributed by atoms with Gasteiger partial charge in [0, 0.05) is 33.3 Å². The van der Waals surface area contributed by atoms with E-state index in [-0.39, 0.29) is 18.4 Å². The summed E-state index contributed by atoms with van der Waals surface area (Å²) in [6.45, 7) is 1.76. The number of nitrogens with zero attached hydrogens (tertiary/aromatic N) is 3. The second-order valence-corrected chi connectivity index (χ2v) is 6.25. The van der Waals surface area contributed by atoms with Crippen LogP contribution in [0, 0.1) is 0 Å². The zero-order chi connectivity index (χ0) is 18.7. The van der Waals surface area contributed by atoms with Crippen LogP contribution in [0.2, 0.25) is 0 Å². The van der Waals surface area contributed by atoms with E-state index in [2.05, 4.69) is 0 Å². The van der Waals surface area contributed by atoms with Crippen LogP contribution in [0.1, 0.15) is 27.1 Å². The van der Waals surface area contributed by atoms with Gasteiger partial charge in [-0.3, -0.25) is 24.1 Å². The summed E-state index contributed by atoms with van der Waals surface area (Å²) in [5, 5.41) is 0. The molecule has 3 rings (SSSR count). The molecule has 1 aromatic rings. The molecule has 0 aromatic heterocycles. The van der Waals surface area contributed by atoms with Crippen LogP contribution in [0.25, 0.3) is 0 Å². The van der Waals surface area contributed by atoms with E-state index in [9.17, 15) is 19.2 Å². The molecule has 0 radical (unpaired) electrons. The summed E-state index contributed by atoms with van der Waals surface area (Å²) in [6, 6.07) is 6.55. The summed E-state index contributed by atoms with van der Waals surface area (Å²) in [7, 11) is 1.54. The summed E-state index contributed by atoms with van der Waals surface area (Å²) in [5.74, 6) is -1.16. The summed E-state index contributed by atoms with van der Waals surface area (Å²) < 4.78 is 4.90. The zero-order valence-corrected chi connectivity index (χ0v) is 14.6. The summed E-state index contributed by atoms with van der Waals surface area (Å²) in [6.07, 6.45) is 0.319. The first-order valence-electron chi connectivity index (χ1n) is 8.52. The van der Waals surface area contributed by atoms with E-state index < -0.39 is 11.8 Å². The molecule has 0 aliphatic carbocycles. The lowest BCUT2D eigenvalue weighted by atomic mass is 10.1. The standard InChI is InChI=1S/C18H21N3O5/c1-26-11-6-15(22)19-7-9-20(10-8-19)16(23)12-21-17(24)13-4-2-3-5-14(13)18(21)25/h2-5H,6-12H2,1H3. The highest BCUT2D eigenvalue weighted by Crippen LogP contribution is 2.22. The number of benzene rings is 1. The third-order valence-electron chi connectivity index (χ3n) is 4.68. The average molecular weight is 359 g/mol. The monoisotopic (exact) mass is 359 g/mol. The van der Waals surface area contributed by atoms with Gasteiger partial charge in [-0.1, -0.05) is 12.1 Å². The summed E-state index contributed by atoms with van der Waals surface area (Å²) in [5.41, 5.74) is 0.665. The number of rotatable bonds is 5. The smallest absolute Gasteiger partial charge is 0.262 e. The van der Waals surface area contributed by atoms with Crippen LogP contribution in [-0.4, -0.2) is 84.8 Å². The molecule has 2 heterocycles. The van der Waals surface area contributed by atoms with Crippen LogP contribution < -0.4 is 0 Å². The second-order valence-electron chi connectivity index (χ2n) is 6.25. The van der Waals surface area contributed by atoms with Crippen molar-refractivity contribution in [2.75, 3.05) is 46.4 Å². The lowest BCUT2D eigenvalue weighted by Gasteiger charge is -2.35. The summed E-state index contributed by atoms with van der Waals surface area (Å²) >= 11 is 0. The predicted molar refractivity (Wildman–Crippen MR) is 91.5 cm³/mol. The minimum absolute atomic E-state index is 0.000651. The highest BCUT2D eigenvalue weighted by molar-refractivity contribution is 6.22. The lowest BCUT2D eigenvalue weighted by molar-refractivity contribution is -0.140. The van der Waals surface area contributed by atoms with Gasteiger partial charge in [-0.25, -0.2) is 0 Å². The molecule has 1 saturated heterocycles. The van der Waals surface area contributed by atoms with E-state index in [1.807, 2.05) is 0 Å². The Balaban J connectivity index is 1.55. The van der Waals surface area contributed by atoms with Crippen LogP contribution in [0.5, 0.6) is 0 Å². The molecule has 138 valence electrons. The Morgan fingerprint density at radius 2 is 1.42 bits per heavy atom. The van der Waals surface area contributed by atoms with Gasteiger partial charge in [0.15, 0.2) is 0 Å². The second kappa shape index (κ2) is 7.65. The number of imide groups is 1. The molecule has 4 amide bonds. The third kappa shape index (κ3) is 3.45. The molecule has 0 spiro atoms. The van der Waals surface area contributed by atoms with Crippen molar-refractivity contribution in [2.45, 2.75) is 6.42 Å². The van der Waals surface area contributed by atoms with E-state index in [1.54, 1.807) is 41.2 Å². The lowest BCUT2D eigenvalue weighted by Crippen LogP contribution is -2.53. The number of carbonyl (C=O) groups is 4. The molecule has 1 aromatic carbocycles. The number of fused-ring (bicyclic) bond motifs is 1. The predicted octanol–water partition coefficient (Wildman–Crippen LogP) is -0.0101. The van der Waals surface area contributed by atoms with Crippen molar-refractivity contribution >= 4 is 23.6 Å². The number of ether oxygens (including phenoxy) is 1. The molecular formula is C18H21N3O5. The van der Waals surface area contributed by atoms with Crippen LogP contribution >= 0.6 is 0 Å². The molecule has 26 heavy (non-hydrogen) atoms. The zero-order valence-electron chi connectivity index (χ0n) is 14.6. The number of amides is 4. The molecule has 8 heteroatoms. The van der Waals surface area contributed by atoms with Gasteiger partial charge in [-0.05, 0) is 12.1 Å². The van der Waals surface area contributed by atoms with E-state index in [4.69, 9.17) is 4.74 Å². The fraction of sp³-hybridized carbons (Fsp3) is 0.444. The van der Waals surface area contributed by atoms with Crippen molar-refractivity contribution in [3.8, 4) is 0 Å². The molecule has 0 bridgehead atoms. The average Bonchev–Trinajstić information content (AvgIpc) is 2.91. The molecule has 2 aliphatic heterocycles. The van der Waals surface area contributed by atoms with Crippen molar-refractivity contribution in [3.05, 3.63) is 35.4 Å². The first kappa shape index (κ1) is 18.1. The van der Waals surface area contributed by atoms with Crippen molar-refractivity contribution in [1.29, 1.82) is 0 Å². The van der Waals surface area contributed by atoms with Gasteiger partial charge in [0.05, 0.1) is 24.2 Å². The maximum atomic E-state index is 12.5. The Kier molecular flexibility index (Phi) is 5.32. The quantitative estimate of drug-likeness (QED) is 0.690. The van der Waals surface area contributed by atoms with Crippen molar-refractivity contribution < 1.29 is 23.9 Å². The van der Waals surface area contributed by atoms with Crippen LogP contribution in [0.15, 0.2) is 24.3 Å². The minimum atomic E-state index is -0.438. The van der Waals surface area contributed by atoms with Gasteiger partial charge < -0.3 is 14.5 Å². The van der Waals surface area contributed by atoms with Crippen molar-refractivity contribution in [3.63, 3.8) is 0 Å². The number of carbonyl (C=O) groups excluding carboxylic acids is 4. The van der Waals surface area contributed by atoms with E-state index in [0.717, 1.165) is 4.90 Å². The number of methoxy groups -OCH3 is 1. The van der Waals surface area contributed by atoms with Gasteiger partial charge in [0.25, 0.3) is 11.8 Å². The largest absolute Gasteiger partial charge is 0.384 e. The number of piperazine rings is 1. The maximum Gasteiger partial charge on any atom is 0.262 e. The van der Waals surface area contributed by atoms with Gasteiger partial charge in [0.1, 0.15) is 6.54 Å².